The standard InChI is InChI=1S/C16H19NO/c1-8-7-13-14(10(3)9(8)2)11(4)15(17-13)16(18)12-5-6-12/h7,12,17H,5-6H2,1-4H3. The van der Waals surface area contributed by atoms with Gasteiger partial charge in [0, 0.05) is 16.8 Å². The fraction of sp³-hybridized carbons (Fsp3) is 0.438. The lowest BCUT2D eigenvalue weighted by Crippen LogP contribution is -2.03. The Bertz CT molecular complexity index is 660. The molecule has 0 amide bonds. The number of nitrogens with one attached hydrogen (secondary N) is 1. The van der Waals surface area contributed by atoms with Gasteiger partial charge in [-0.25, -0.2) is 0 Å². The van der Waals surface area contributed by atoms with E-state index in [1.165, 1.54) is 22.1 Å². The third-order valence-electron chi connectivity index (χ3n) is 4.36. The van der Waals surface area contributed by atoms with Crippen LogP contribution < -0.4 is 0 Å². The summed E-state index contributed by atoms with van der Waals surface area (Å²) in [6.45, 7) is 8.49. The molecule has 0 spiro atoms. The van der Waals surface area contributed by atoms with E-state index in [1.54, 1.807) is 0 Å². The minimum atomic E-state index is 0.277. The molecule has 1 aliphatic rings. The lowest BCUT2D eigenvalue weighted by molar-refractivity contribution is 0.0963. The second-order valence-electron chi connectivity index (χ2n) is 5.63. The van der Waals surface area contributed by atoms with Crippen LogP contribution in [-0.4, -0.2) is 10.8 Å². The number of hydrogen-bond donors (Lipinski definition) is 1. The predicted molar refractivity (Wildman–Crippen MR) is 74.3 cm³/mol. The summed E-state index contributed by atoms with van der Waals surface area (Å²) in [6.07, 6.45) is 2.12. The first kappa shape index (κ1) is 11.5. The van der Waals surface area contributed by atoms with Gasteiger partial charge in [-0.15, -0.1) is 0 Å². The number of Topliss-reactive ketones (excluding diaryl/α,β-unsaturated/α-hetero) is 1. The Morgan fingerprint density at radius 1 is 1.11 bits per heavy atom. The highest BCUT2D eigenvalue weighted by Gasteiger charge is 2.32. The number of benzene rings is 1. The zero-order chi connectivity index (χ0) is 13.0. The Balaban J connectivity index is 2.27. The summed E-state index contributed by atoms with van der Waals surface area (Å²) in [7, 11) is 0. The molecule has 0 radical (unpaired) electrons. The fourth-order valence-electron chi connectivity index (χ4n) is 2.81. The van der Waals surface area contributed by atoms with Crippen LogP contribution in [0.5, 0.6) is 0 Å². The van der Waals surface area contributed by atoms with E-state index in [2.05, 4.69) is 38.7 Å². The SMILES string of the molecule is Cc1cc2[nH]c(C(=O)C3CC3)c(C)c2c(C)c1C. The third-order valence-corrected chi connectivity index (χ3v) is 4.36. The van der Waals surface area contributed by atoms with Crippen LogP contribution in [0.3, 0.4) is 0 Å². The first-order valence-corrected chi connectivity index (χ1v) is 6.64. The molecule has 18 heavy (non-hydrogen) atoms. The number of H-pyrrole nitrogens is 1. The summed E-state index contributed by atoms with van der Waals surface area (Å²) in [5, 5.41) is 1.24. The molecular weight excluding hydrogens is 222 g/mol. The molecular formula is C16H19NO. The van der Waals surface area contributed by atoms with Crippen molar-refractivity contribution in [1.29, 1.82) is 0 Å². The lowest BCUT2D eigenvalue weighted by Gasteiger charge is -2.06. The van der Waals surface area contributed by atoms with Gasteiger partial charge in [0.2, 0.25) is 0 Å². The van der Waals surface area contributed by atoms with Gasteiger partial charge in [-0.3, -0.25) is 4.79 Å². The summed E-state index contributed by atoms with van der Waals surface area (Å²) in [6, 6.07) is 2.16. The van der Waals surface area contributed by atoms with E-state index < -0.39 is 0 Å². The zero-order valence-corrected chi connectivity index (χ0v) is 11.5. The molecule has 1 fully saturated rings. The smallest absolute Gasteiger partial charge is 0.182 e. The number of aromatic amines is 1. The molecule has 1 aromatic carbocycles. The second-order valence-corrected chi connectivity index (χ2v) is 5.63. The van der Waals surface area contributed by atoms with Crippen LogP contribution in [0.2, 0.25) is 0 Å². The molecule has 94 valence electrons. The predicted octanol–water partition coefficient (Wildman–Crippen LogP) is 3.99. The number of hydrogen-bond acceptors (Lipinski definition) is 1. The number of fused-ring (bicyclic) bond motifs is 1. The fourth-order valence-corrected chi connectivity index (χ4v) is 2.81. The van der Waals surface area contributed by atoms with E-state index in [1.807, 2.05) is 0 Å². The van der Waals surface area contributed by atoms with Crippen molar-refractivity contribution in [3.63, 3.8) is 0 Å². The number of carbonyl (C=O) groups is 1. The summed E-state index contributed by atoms with van der Waals surface area (Å²) < 4.78 is 0. The van der Waals surface area contributed by atoms with Crippen molar-refractivity contribution in [2.75, 3.05) is 0 Å². The maximum Gasteiger partial charge on any atom is 0.182 e. The van der Waals surface area contributed by atoms with Crippen molar-refractivity contribution in [3.05, 3.63) is 34.0 Å². The summed E-state index contributed by atoms with van der Waals surface area (Å²) in [5.74, 6) is 0.581. The summed E-state index contributed by atoms with van der Waals surface area (Å²) in [4.78, 5) is 15.6. The van der Waals surface area contributed by atoms with Crippen molar-refractivity contribution in [3.8, 4) is 0 Å². The van der Waals surface area contributed by atoms with Gasteiger partial charge in [0.1, 0.15) is 0 Å². The Kier molecular flexibility index (Phi) is 2.37. The van der Waals surface area contributed by atoms with Crippen LogP contribution in [0.1, 0.15) is 45.6 Å². The number of ketones is 1. The summed E-state index contributed by atoms with van der Waals surface area (Å²) in [5.41, 5.74) is 6.98. The van der Waals surface area contributed by atoms with Crippen molar-refractivity contribution in [2.45, 2.75) is 40.5 Å². The van der Waals surface area contributed by atoms with Gasteiger partial charge in [-0.05, 0) is 68.9 Å². The molecule has 1 saturated carbocycles. The molecule has 0 aliphatic heterocycles. The molecule has 1 heterocycles. The largest absolute Gasteiger partial charge is 0.352 e. The van der Waals surface area contributed by atoms with Gasteiger partial charge in [-0.1, -0.05) is 0 Å². The van der Waals surface area contributed by atoms with Crippen LogP contribution >= 0.6 is 0 Å². The third kappa shape index (κ3) is 1.52. The van der Waals surface area contributed by atoms with Gasteiger partial charge in [0.15, 0.2) is 5.78 Å². The molecule has 3 rings (SSSR count). The minimum absolute atomic E-state index is 0.277. The summed E-state index contributed by atoms with van der Waals surface area (Å²) >= 11 is 0. The van der Waals surface area contributed by atoms with Crippen molar-refractivity contribution in [2.24, 2.45) is 5.92 Å². The van der Waals surface area contributed by atoms with Gasteiger partial charge in [-0.2, -0.15) is 0 Å². The van der Waals surface area contributed by atoms with Crippen LogP contribution in [0.25, 0.3) is 10.9 Å². The van der Waals surface area contributed by atoms with Crippen molar-refractivity contribution < 1.29 is 4.79 Å². The number of aromatic nitrogens is 1. The van der Waals surface area contributed by atoms with Crippen molar-refractivity contribution in [1.82, 2.24) is 4.98 Å². The van der Waals surface area contributed by atoms with Crippen molar-refractivity contribution >= 4 is 16.7 Å². The number of rotatable bonds is 2. The molecule has 2 nitrogen and oxygen atoms in total. The molecule has 2 heteroatoms. The van der Waals surface area contributed by atoms with Gasteiger partial charge < -0.3 is 4.98 Å². The Labute approximate surface area is 107 Å². The Hall–Kier alpha value is -1.57. The topological polar surface area (TPSA) is 32.9 Å². The normalized spacial score (nSPS) is 15.3. The highest BCUT2D eigenvalue weighted by molar-refractivity contribution is 6.05. The van der Waals surface area contributed by atoms with E-state index in [0.29, 0.717) is 5.78 Å². The quantitative estimate of drug-likeness (QED) is 0.792. The van der Waals surface area contributed by atoms with Crippen LogP contribution in [0.4, 0.5) is 0 Å². The zero-order valence-electron chi connectivity index (χ0n) is 11.5. The molecule has 1 N–H and O–H groups in total. The first-order valence-electron chi connectivity index (χ1n) is 6.64. The average Bonchev–Trinajstić information content (AvgIpc) is 3.11. The highest BCUT2D eigenvalue weighted by atomic mass is 16.1. The average molecular weight is 241 g/mol. The van der Waals surface area contributed by atoms with Gasteiger partial charge in [0.25, 0.3) is 0 Å². The maximum absolute atomic E-state index is 12.2. The molecule has 2 aromatic rings. The maximum atomic E-state index is 12.2. The molecule has 0 unspecified atom stereocenters. The Morgan fingerprint density at radius 2 is 1.78 bits per heavy atom. The first-order chi connectivity index (χ1) is 8.50. The Morgan fingerprint density at radius 3 is 2.39 bits per heavy atom. The van der Waals surface area contributed by atoms with Crippen LogP contribution in [-0.2, 0) is 0 Å². The molecule has 1 aromatic heterocycles. The number of aryl methyl sites for hydroxylation is 3. The van der Waals surface area contributed by atoms with Crippen LogP contribution in [0.15, 0.2) is 6.07 Å². The second kappa shape index (κ2) is 3.71. The van der Waals surface area contributed by atoms with E-state index in [4.69, 9.17) is 0 Å². The molecule has 1 aliphatic carbocycles. The van der Waals surface area contributed by atoms with Crippen LogP contribution in [0, 0.1) is 33.6 Å². The monoisotopic (exact) mass is 241 g/mol. The van der Waals surface area contributed by atoms with Gasteiger partial charge >= 0.3 is 0 Å². The van der Waals surface area contributed by atoms with E-state index in [9.17, 15) is 4.79 Å². The minimum Gasteiger partial charge on any atom is -0.352 e. The molecule has 0 atom stereocenters. The lowest BCUT2D eigenvalue weighted by atomic mass is 9.97. The molecule has 0 bridgehead atoms. The van der Waals surface area contributed by atoms with E-state index in [0.717, 1.165) is 29.6 Å². The van der Waals surface area contributed by atoms with E-state index >= 15 is 0 Å². The van der Waals surface area contributed by atoms with E-state index in [-0.39, 0.29) is 5.92 Å². The van der Waals surface area contributed by atoms with Gasteiger partial charge in [0.05, 0.1) is 5.69 Å². The number of carbonyl (C=O) groups excluding carboxylic acids is 1. The highest BCUT2D eigenvalue weighted by Crippen LogP contribution is 2.36. The molecule has 0 saturated heterocycles.